The van der Waals surface area contributed by atoms with E-state index in [2.05, 4.69) is 9.97 Å². The van der Waals surface area contributed by atoms with Crippen molar-refractivity contribution in [3.63, 3.8) is 0 Å². The summed E-state index contributed by atoms with van der Waals surface area (Å²) < 4.78 is 22.1. The largest absolute Gasteiger partial charge is 0.497 e. The summed E-state index contributed by atoms with van der Waals surface area (Å²) in [5, 5.41) is 0.645. The maximum absolute atomic E-state index is 6.03. The Morgan fingerprint density at radius 1 is 0.897 bits per heavy atom. The number of aromatic nitrogens is 2. The number of rotatable bonds is 8. The molecule has 0 aliphatic carbocycles. The van der Waals surface area contributed by atoms with E-state index in [0.717, 1.165) is 34.8 Å². The van der Waals surface area contributed by atoms with Crippen molar-refractivity contribution in [2.75, 3.05) is 20.8 Å². The molecule has 0 amide bonds. The number of fused-ring (bicyclic) bond motifs is 1. The van der Waals surface area contributed by atoms with Gasteiger partial charge in [-0.1, -0.05) is 36.0 Å². The number of nitrogens with zero attached hydrogens (tertiary/aromatic N) is 2. The molecule has 2 heterocycles. The van der Waals surface area contributed by atoms with Gasteiger partial charge in [0.25, 0.3) is 0 Å². The highest BCUT2D eigenvalue weighted by molar-refractivity contribution is 7.98. The fraction of sp³-hybridized carbons (Fsp3) is 0.273. The van der Waals surface area contributed by atoms with E-state index >= 15 is 0 Å². The van der Waals surface area contributed by atoms with E-state index in [4.69, 9.17) is 18.9 Å². The van der Waals surface area contributed by atoms with Gasteiger partial charge in [0.2, 0.25) is 11.8 Å². The van der Waals surface area contributed by atoms with Crippen LogP contribution in [0.4, 0.5) is 0 Å². The summed E-state index contributed by atoms with van der Waals surface area (Å²) in [5.41, 5.74) is 3.15. The van der Waals surface area contributed by atoms with Crippen LogP contribution in [0.25, 0.3) is 0 Å². The first-order valence-electron chi connectivity index (χ1n) is 9.30. The van der Waals surface area contributed by atoms with Crippen molar-refractivity contribution in [3.05, 3.63) is 65.2 Å². The topological polar surface area (TPSA) is 62.7 Å². The van der Waals surface area contributed by atoms with Gasteiger partial charge in [-0.3, -0.25) is 0 Å². The maximum Gasteiger partial charge on any atom is 0.225 e. The average molecular weight is 410 g/mol. The molecule has 0 unspecified atom stereocenters. The lowest BCUT2D eigenvalue weighted by Crippen LogP contribution is -2.02. The molecule has 1 aromatic heterocycles. The first-order chi connectivity index (χ1) is 14.2. The van der Waals surface area contributed by atoms with Crippen LogP contribution in [0.15, 0.2) is 53.7 Å². The molecule has 7 heteroatoms. The number of hydrogen-bond donors (Lipinski definition) is 0. The lowest BCUT2D eigenvalue weighted by atomic mass is 10.2. The summed E-state index contributed by atoms with van der Waals surface area (Å²) in [4.78, 5) is 9.19. The van der Waals surface area contributed by atoms with Crippen molar-refractivity contribution in [1.82, 2.24) is 9.97 Å². The van der Waals surface area contributed by atoms with Gasteiger partial charge in [0.15, 0.2) is 5.16 Å². The highest BCUT2D eigenvalue weighted by atomic mass is 32.2. The molecule has 0 fully saturated rings. The third-order valence-electron chi connectivity index (χ3n) is 4.56. The lowest BCUT2D eigenvalue weighted by molar-refractivity contribution is 0.286. The molecular formula is C22H22N2O4S. The number of ether oxygens (including phenoxy) is 4. The zero-order valence-corrected chi connectivity index (χ0v) is 17.2. The Bertz CT molecular complexity index is 962. The van der Waals surface area contributed by atoms with Crippen LogP contribution in [0.1, 0.15) is 16.7 Å². The Hall–Kier alpha value is -2.93. The zero-order chi connectivity index (χ0) is 20.1. The second-order valence-corrected chi connectivity index (χ2v) is 7.41. The second kappa shape index (κ2) is 9.05. The van der Waals surface area contributed by atoms with E-state index < -0.39 is 0 Å². The van der Waals surface area contributed by atoms with E-state index in [1.54, 1.807) is 26.0 Å². The Labute approximate surface area is 174 Å². The van der Waals surface area contributed by atoms with E-state index in [1.165, 1.54) is 5.56 Å². The van der Waals surface area contributed by atoms with Gasteiger partial charge in [-0.15, -0.1) is 0 Å². The Kier molecular flexibility index (Phi) is 6.05. The van der Waals surface area contributed by atoms with Gasteiger partial charge in [-0.05, 0) is 35.4 Å². The maximum atomic E-state index is 6.03. The van der Waals surface area contributed by atoms with Crippen LogP contribution >= 0.6 is 11.8 Å². The van der Waals surface area contributed by atoms with Crippen LogP contribution in [0.2, 0.25) is 0 Å². The third-order valence-corrected chi connectivity index (χ3v) is 5.48. The number of thioether (sulfide) groups is 1. The molecule has 0 spiro atoms. The molecule has 2 aromatic carbocycles. The highest BCUT2D eigenvalue weighted by Gasteiger charge is 2.22. The molecule has 0 atom stereocenters. The fourth-order valence-electron chi connectivity index (χ4n) is 2.94. The summed E-state index contributed by atoms with van der Waals surface area (Å²) in [6, 6.07) is 15.8. The molecule has 0 N–H and O–H groups in total. The lowest BCUT2D eigenvalue weighted by Gasteiger charge is -2.11. The number of hydrogen-bond acceptors (Lipinski definition) is 7. The van der Waals surface area contributed by atoms with Crippen molar-refractivity contribution in [1.29, 1.82) is 0 Å². The summed E-state index contributed by atoms with van der Waals surface area (Å²) in [6.45, 7) is 1.03. The molecule has 0 radical (unpaired) electrons. The number of benzene rings is 2. The molecule has 29 heavy (non-hydrogen) atoms. The van der Waals surface area contributed by atoms with Crippen LogP contribution in [-0.4, -0.2) is 30.8 Å². The third kappa shape index (κ3) is 4.74. The predicted octanol–water partition coefficient (Wildman–Crippen LogP) is 4.30. The van der Waals surface area contributed by atoms with Crippen LogP contribution in [0.3, 0.4) is 0 Å². The van der Waals surface area contributed by atoms with Crippen molar-refractivity contribution in [3.8, 4) is 23.3 Å². The van der Waals surface area contributed by atoms with Crippen molar-refractivity contribution >= 4 is 11.8 Å². The van der Waals surface area contributed by atoms with Gasteiger partial charge in [0.1, 0.15) is 18.1 Å². The summed E-state index contributed by atoms with van der Waals surface area (Å²) in [5.74, 6) is 3.64. The Balaban J connectivity index is 1.45. The molecule has 0 saturated carbocycles. The zero-order valence-electron chi connectivity index (χ0n) is 16.4. The van der Waals surface area contributed by atoms with Crippen LogP contribution in [0, 0.1) is 0 Å². The molecule has 0 bridgehead atoms. The van der Waals surface area contributed by atoms with Crippen LogP contribution in [0.5, 0.6) is 23.3 Å². The first kappa shape index (κ1) is 19.4. The fourth-order valence-corrected chi connectivity index (χ4v) is 3.72. The van der Waals surface area contributed by atoms with E-state index in [0.29, 0.717) is 30.1 Å². The van der Waals surface area contributed by atoms with Crippen molar-refractivity contribution in [2.45, 2.75) is 23.9 Å². The van der Waals surface area contributed by atoms with Crippen LogP contribution < -0.4 is 18.9 Å². The second-order valence-electron chi connectivity index (χ2n) is 6.47. The molecule has 0 saturated heterocycles. The smallest absolute Gasteiger partial charge is 0.225 e. The minimum Gasteiger partial charge on any atom is -0.497 e. The molecule has 1 aliphatic heterocycles. The van der Waals surface area contributed by atoms with Gasteiger partial charge in [0, 0.05) is 12.2 Å². The Morgan fingerprint density at radius 3 is 2.21 bits per heavy atom. The summed E-state index contributed by atoms with van der Waals surface area (Å²) in [6.07, 6.45) is 0.761. The molecule has 6 nitrogen and oxygen atoms in total. The number of methoxy groups -OCH3 is 2. The van der Waals surface area contributed by atoms with Gasteiger partial charge in [-0.25, -0.2) is 0 Å². The first-order valence-corrected chi connectivity index (χ1v) is 10.3. The molecule has 150 valence electrons. The molecule has 4 rings (SSSR count). The van der Waals surface area contributed by atoms with Gasteiger partial charge in [-0.2, -0.15) is 9.97 Å². The van der Waals surface area contributed by atoms with Crippen molar-refractivity contribution < 1.29 is 18.9 Å². The molecule has 3 aromatic rings. The SMILES string of the molecule is COc1ccc(COc2nc(SCc3ccc(OC)cc3)nc3c2CCO3)cc1. The summed E-state index contributed by atoms with van der Waals surface area (Å²) in [7, 11) is 3.32. The van der Waals surface area contributed by atoms with E-state index in [-0.39, 0.29) is 0 Å². The van der Waals surface area contributed by atoms with E-state index in [9.17, 15) is 0 Å². The molecular weight excluding hydrogens is 388 g/mol. The minimum atomic E-state index is 0.427. The van der Waals surface area contributed by atoms with Crippen LogP contribution in [-0.2, 0) is 18.8 Å². The minimum absolute atomic E-state index is 0.427. The Morgan fingerprint density at radius 2 is 1.55 bits per heavy atom. The van der Waals surface area contributed by atoms with Gasteiger partial charge in [0.05, 0.1) is 26.4 Å². The quantitative estimate of drug-likeness (QED) is 0.405. The normalized spacial score (nSPS) is 12.2. The monoisotopic (exact) mass is 410 g/mol. The highest BCUT2D eigenvalue weighted by Crippen LogP contribution is 2.34. The predicted molar refractivity (Wildman–Crippen MR) is 111 cm³/mol. The van der Waals surface area contributed by atoms with E-state index in [1.807, 2.05) is 48.5 Å². The standard InChI is InChI=1S/C22H22N2O4S/c1-25-17-7-3-15(4-8-17)13-28-21-19-11-12-27-20(19)23-22(24-21)29-14-16-5-9-18(26-2)10-6-16/h3-10H,11-14H2,1-2H3. The average Bonchev–Trinajstić information content (AvgIpc) is 3.25. The van der Waals surface area contributed by atoms with Crippen molar-refractivity contribution in [2.24, 2.45) is 0 Å². The summed E-state index contributed by atoms with van der Waals surface area (Å²) >= 11 is 1.55. The van der Waals surface area contributed by atoms with Gasteiger partial charge < -0.3 is 18.9 Å². The van der Waals surface area contributed by atoms with Gasteiger partial charge >= 0.3 is 0 Å². The molecule has 1 aliphatic rings.